The first-order chi connectivity index (χ1) is 9.75. The van der Waals surface area contributed by atoms with Gasteiger partial charge in [0, 0.05) is 18.1 Å². The molecule has 0 spiro atoms. The quantitative estimate of drug-likeness (QED) is 0.789. The Balaban J connectivity index is 1.69. The fourth-order valence-corrected chi connectivity index (χ4v) is 5.04. The van der Waals surface area contributed by atoms with Crippen molar-refractivity contribution in [2.45, 2.75) is 88.6 Å². The first-order valence-electron chi connectivity index (χ1n) is 9.18. The number of rotatable bonds is 4. The van der Waals surface area contributed by atoms with Crippen molar-refractivity contribution < 1.29 is 0 Å². The topological polar surface area (TPSA) is 29.3 Å². The molecule has 0 aromatic carbocycles. The molecule has 0 saturated heterocycles. The molecule has 2 atom stereocenters. The maximum absolute atomic E-state index is 6.33. The third-order valence-electron chi connectivity index (χ3n) is 6.65. The predicted octanol–water partition coefficient (Wildman–Crippen LogP) is 3.94. The molecule has 0 aromatic rings. The molecule has 20 heavy (non-hydrogen) atoms. The van der Waals surface area contributed by atoms with Gasteiger partial charge in [-0.25, -0.2) is 0 Å². The Labute approximate surface area is 125 Å². The molecule has 0 heterocycles. The van der Waals surface area contributed by atoms with Crippen LogP contribution in [0.1, 0.15) is 77.0 Å². The highest BCUT2D eigenvalue weighted by atomic mass is 15.2. The number of nitrogens with zero attached hydrogens (tertiary/aromatic N) is 1. The lowest BCUT2D eigenvalue weighted by molar-refractivity contribution is 0.0147. The normalized spacial score (nSPS) is 37.0. The Morgan fingerprint density at radius 1 is 0.900 bits per heavy atom. The van der Waals surface area contributed by atoms with Gasteiger partial charge in [-0.3, -0.25) is 4.90 Å². The fourth-order valence-electron chi connectivity index (χ4n) is 5.04. The number of hydrogen-bond acceptors (Lipinski definition) is 2. The third kappa shape index (κ3) is 3.06. The Hall–Kier alpha value is -0.0800. The molecular weight excluding hydrogens is 244 g/mol. The van der Waals surface area contributed by atoms with Gasteiger partial charge >= 0.3 is 0 Å². The van der Waals surface area contributed by atoms with Crippen molar-refractivity contribution in [2.75, 3.05) is 13.6 Å². The van der Waals surface area contributed by atoms with Crippen LogP contribution in [0.5, 0.6) is 0 Å². The molecule has 0 amide bonds. The van der Waals surface area contributed by atoms with Gasteiger partial charge in [-0.2, -0.15) is 0 Å². The minimum absolute atomic E-state index is 0.334. The second kappa shape index (κ2) is 6.36. The Morgan fingerprint density at radius 3 is 2.20 bits per heavy atom. The Bertz CT molecular complexity index is 305. The van der Waals surface area contributed by atoms with E-state index in [1.54, 1.807) is 0 Å². The number of hydrogen-bond donors (Lipinski definition) is 1. The summed E-state index contributed by atoms with van der Waals surface area (Å²) in [5.74, 6) is 2.05. The van der Waals surface area contributed by atoms with E-state index in [9.17, 15) is 0 Å². The monoisotopic (exact) mass is 278 g/mol. The molecule has 2 nitrogen and oxygen atoms in total. The molecule has 3 aliphatic rings. The minimum Gasteiger partial charge on any atom is -0.329 e. The lowest BCUT2D eigenvalue weighted by Gasteiger charge is -2.50. The van der Waals surface area contributed by atoms with Crippen LogP contribution >= 0.6 is 0 Å². The van der Waals surface area contributed by atoms with Gasteiger partial charge in [0.2, 0.25) is 0 Å². The zero-order valence-electron chi connectivity index (χ0n) is 13.4. The van der Waals surface area contributed by atoms with E-state index in [-0.39, 0.29) is 0 Å². The third-order valence-corrected chi connectivity index (χ3v) is 6.65. The van der Waals surface area contributed by atoms with E-state index in [4.69, 9.17) is 5.73 Å². The fraction of sp³-hybridized carbons (Fsp3) is 1.00. The summed E-state index contributed by atoms with van der Waals surface area (Å²) in [6.45, 7) is 0.878. The summed E-state index contributed by atoms with van der Waals surface area (Å²) in [6, 6.07) is 0.805. The second-order valence-corrected chi connectivity index (χ2v) is 7.88. The zero-order valence-corrected chi connectivity index (χ0v) is 13.4. The van der Waals surface area contributed by atoms with Crippen molar-refractivity contribution in [3.63, 3.8) is 0 Å². The first-order valence-corrected chi connectivity index (χ1v) is 9.18. The molecule has 116 valence electrons. The van der Waals surface area contributed by atoms with Gasteiger partial charge < -0.3 is 5.73 Å². The van der Waals surface area contributed by atoms with Gasteiger partial charge in [-0.15, -0.1) is 0 Å². The van der Waals surface area contributed by atoms with E-state index >= 15 is 0 Å². The molecule has 0 radical (unpaired) electrons. The molecule has 2 N–H and O–H groups in total. The molecule has 0 aliphatic heterocycles. The van der Waals surface area contributed by atoms with Crippen molar-refractivity contribution in [3.05, 3.63) is 0 Å². The van der Waals surface area contributed by atoms with Crippen LogP contribution in [0.4, 0.5) is 0 Å². The molecule has 3 rings (SSSR count). The lowest BCUT2D eigenvalue weighted by atomic mass is 9.72. The van der Waals surface area contributed by atoms with Crippen molar-refractivity contribution in [1.29, 1.82) is 0 Å². The van der Waals surface area contributed by atoms with E-state index in [1.165, 1.54) is 77.0 Å². The molecule has 3 fully saturated rings. The number of nitrogens with two attached hydrogens (primary N) is 1. The van der Waals surface area contributed by atoms with Crippen LogP contribution in [0.15, 0.2) is 0 Å². The molecule has 2 heteroatoms. The molecule has 3 aliphatic carbocycles. The maximum Gasteiger partial charge on any atom is 0.0334 e. The summed E-state index contributed by atoms with van der Waals surface area (Å²) < 4.78 is 0. The van der Waals surface area contributed by atoms with Gasteiger partial charge in [0.25, 0.3) is 0 Å². The van der Waals surface area contributed by atoms with E-state index in [0.717, 1.165) is 24.4 Å². The highest BCUT2D eigenvalue weighted by molar-refractivity contribution is 5.00. The Kier molecular flexibility index (Phi) is 4.72. The largest absolute Gasteiger partial charge is 0.329 e. The SMILES string of the molecule is CN(C1CCCCCC1)C1(CN)CCCC(C2CC2)C1. The van der Waals surface area contributed by atoms with Crippen molar-refractivity contribution in [1.82, 2.24) is 4.90 Å². The van der Waals surface area contributed by atoms with Gasteiger partial charge in [0.15, 0.2) is 0 Å². The smallest absolute Gasteiger partial charge is 0.0334 e. The summed E-state index contributed by atoms with van der Waals surface area (Å²) in [4.78, 5) is 2.76. The summed E-state index contributed by atoms with van der Waals surface area (Å²) in [7, 11) is 2.40. The standard InChI is InChI=1S/C18H34N2/c1-20(17-8-4-2-3-5-9-17)18(14-19)12-6-7-16(13-18)15-10-11-15/h15-17H,2-14,19H2,1H3. The number of likely N-dealkylation sites (N-methyl/N-ethyl adjacent to an activating group) is 1. The highest BCUT2D eigenvalue weighted by Gasteiger charge is 2.44. The molecule has 0 aromatic heterocycles. The average Bonchev–Trinajstić information content (AvgIpc) is 3.32. The zero-order chi connectivity index (χ0) is 14.0. The van der Waals surface area contributed by atoms with Gasteiger partial charge in [0.1, 0.15) is 0 Å². The van der Waals surface area contributed by atoms with Crippen LogP contribution in [0, 0.1) is 11.8 Å². The van der Waals surface area contributed by atoms with E-state index in [2.05, 4.69) is 11.9 Å². The lowest BCUT2D eigenvalue weighted by Crippen LogP contribution is -2.58. The predicted molar refractivity (Wildman–Crippen MR) is 85.7 cm³/mol. The average molecular weight is 278 g/mol. The van der Waals surface area contributed by atoms with Crippen LogP contribution in [0.25, 0.3) is 0 Å². The van der Waals surface area contributed by atoms with Gasteiger partial charge in [0.05, 0.1) is 0 Å². The van der Waals surface area contributed by atoms with Crippen LogP contribution < -0.4 is 5.73 Å². The van der Waals surface area contributed by atoms with E-state index in [1.807, 2.05) is 0 Å². The van der Waals surface area contributed by atoms with Gasteiger partial charge in [-0.05, 0) is 57.4 Å². The summed E-state index contributed by atoms with van der Waals surface area (Å²) in [6.07, 6.45) is 17.2. The minimum atomic E-state index is 0.334. The van der Waals surface area contributed by atoms with Crippen LogP contribution in [0.2, 0.25) is 0 Å². The first kappa shape index (κ1) is 14.8. The van der Waals surface area contributed by atoms with Crippen LogP contribution in [0.3, 0.4) is 0 Å². The maximum atomic E-state index is 6.33. The Morgan fingerprint density at radius 2 is 1.60 bits per heavy atom. The van der Waals surface area contributed by atoms with Crippen molar-refractivity contribution >= 4 is 0 Å². The molecule has 2 unspecified atom stereocenters. The summed E-state index contributed by atoms with van der Waals surface area (Å²) in [5.41, 5.74) is 6.66. The summed E-state index contributed by atoms with van der Waals surface area (Å²) >= 11 is 0. The molecule has 3 saturated carbocycles. The van der Waals surface area contributed by atoms with Crippen molar-refractivity contribution in [2.24, 2.45) is 17.6 Å². The summed E-state index contributed by atoms with van der Waals surface area (Å²) in [5, 5.41) is 0. The van der Waals surface area contributed by atoms with Crippen molar-refractivity contribution in [3.8, 4) is 0 Å². The van der Waals surface area contributed by atoms with E-state index < -0.39 is 0 Å². The second-order valence-electron chi connectivity index (χ2n) is 7.88. The molecule has 0 bridgehead atoms. The van der Waals surface area contributed by atoms with Crippen LogP contribution in [-0.4, -0.2) is 30.1 Å². The highest BCUT2D eigenvalue weighted by Crippen LogP contribution is 2.48. The molecular formula is C18H34N2. The van der Waals surface area contributed by atoms with Crippen LogP contribution in [-0.2, 0) is 0 Å². The van der Waals surface area contributed by atoms with E-state index in [0.29, 0.717) is 5.54 Å². The van der Waals surface area contributed by atoms with Gasteiger partial charge in [-0.1, -0.05) is 38.5 Å².